The average Bonchev–Trinajstić information content (AvgIpc) is 3.07. The largest absolute Gasteiger partial charge is 0.478 e. The fraction of sp³-hybridized carbons (Fsp3) is 0.364. The van der Waals surface area contributed by atoms with Crippen LogP contribution in [0.2, 0.25) is 0 Å². The molecular formula is C22H22F4LiN2O3. The first kappa shape index (κ1) is 25.9. The molecule has 1 amide bonds. The molecule has 10 heteroatoms. The third-order valence-electron chi connectivity index (χ3n) is 5.31. The van der Waals surface area contributed by atoms with Gasteiger partial charge in [-0.2, -0.15) is 13.2 Å². The van der Waals surface area contributed by atoms with E-state index in [1.54, 1.807) is 19.1 Å². The van der Waals surface area contributed by atoms with Crippen molar-refractivity contribution < 1.29 is 32.3 Å². The van der Waals surface area contributed by atoms with E-state index in [2.05, 4.69) is 5.32 Å². The van der Waals surface area contributed by atoms with E-state index in [0.29, 0.717) is 11.1 Å². The number of alkyl halides is 4. The van der Waals surface area contributed by atoms with Crippen molar-refractivity contribution in [1.29, 1.82) is 0 Å². The molecule has 1 heterocycles. The molecule has 0 unspecified atom stereocenters. The van der Waals surface area contributed by atoms with Gasteiger partial charge < -0.3 is 10.4 Å². The number of carbonyl (C=O) groups excluding carboxylic acids is 1. The van der Waals surface area contributed by atoms with Crippen LogP contribution in [0.3, 0.4) is 0 Å². The minimum absolute atomic E-state index is 0. The molecule has 3 atom stereocenters. The van der Waals surface area contributed by atoms with E-state index in [9.17, 15) is 27.2 Å². The molecule has 0 bridgehead atoms. The zero-order valence-electron chi connectivity index (χ0n) is 17.7. The number of benzene rings is 2. The smallest absolute Gasteiger partial charge is 0.416 e. The van der Waals surface area contributed by atoms with E-state index in [1.807, 2.05) is 0 Å². The number of carboxylic acids is 1. The van der Waals surface area contributed by atoms with E-state index < -0.39 is 41.9 Å². The van der Waals surface area contributed by atoms with E-state index in [-0.39, 0.29) is 43.9 Å². The van der Waals surface area contributed by atoms with E-state index in [4.69, 9.17) is 5.11 Å². The van der Waals surface area contributed by atoms with Crippen molar-refractivity contribution in [1.82, 2.24) is 10.2 Å². The van der Waals surface area contributed by atoms with Gasteiger partial charge in [-0.1, -0.05) is 30.3 Å². The predicted molar refractivity (Wildman–Crippen MR) is 111 cm³/mol. The van der Waals surface area contributed by atoms with Gasteiger partial charge in [-0.3, -0.25) is 9.69 Å². The van der Waals surface area contributed by atoms with Gasteiger partial charge in [0.25, 0.3) is 0 Å². The summed E-state index contributed by atoms with van der Waals surface area (Å²) in [7, 11) is 0. The SMILES string of the molecule is C[C@H](NC(=O)[C@H]1C[C@H](F)CN1Cc1cccc(C(F)(F)F)c1)c1ccc(C(=O)O)cc1.[Li]. The zero-order valence-corrected chi connectivity index (χ0v) is 17.7. The molecule has 3 rings (SSSR count). The first-order chi connectivity index (χ1) is 14.5. The van der Waals surface area contributed by atoms with Gasteiger partial charge in [-0.25, -0.2) is 9.18 Å². The Hall–Kier alpha value is -2.34. The van der Waals surface area contributed by atoms with Crippen LogP contribution < -0.4 is 5.32 Å². The van der Waals surface area contributed by atoms with Crippen LogP contribution in [0, 0.1) is 0 Å². The van der Waals surface area contributed by atoms with Crippen molar-refractivity contribution >= 4 is 30.7 Å². The number of carboxylic acid groups (broad SMARTS) is 1. The summed E-state index contributed by atoms with van der Waals surface area (Å²) >= 11 is 0. The van der Waals surface area contributed by atoms with Crippen LogP contribution >= 0.6 is 0 Å². The summed E-state index contributed by atoms with van der Waals surface area (Å²) in [5.74, 6) is -1.49. The fourth-order valence-corrected chi connectivity index (χ4v) is 3.68. The molecule has 1 radical (unpaired) electrons. The summed E-state index contributed by atoms with van der Waals surface area (Å²) in [6.45, 7) is 1.69. The Bertz CT molecular complexity index is 953. The molecule has 2 aromatic rings. The summed E-state index contributed by atoms with van der Waals surface area (Å²) in [6.07, 6.45) is -5.78. The number of likely N-dealkylation sites (tertiary alicyclic amines) is 1. The molecule has 5 nitrogen and oxygen atoms in total. The molecule has 1 fully saturated rings. The van der Waals surface area contributed by atoms with Crippen molar-refractivity contribution in [2.24, 2.45) is 0 Å². The third-order valence-corrected chi connectivity index (χ3v) is 5.31. The standard InChI is InChI=1S/C22H22F4N2O3.Li/c1-13(15-5-7-16(8-6-15)21(30)31)27-20(29)19-10-18(23)12-28(19)11-14-3-2-4-17(9-14)22(24,25)26;/h2-9,13,18-19H,10-12H2,1H3,(H,27,29)(H,30,31);/t13-,18-,19+;/m0./s1. The van der Waals surface area contributed by atoms with Crippen LogP contribution in [-0.2, 0) is 17.5 Å². The van der Waals surface area contributed by atoms with Crippen LogP contribution in [0.15, 0.2) is 48.5 Å². The Kier molecular flexibility index (Phi) is 8.52. The summed E-state index contributed by atoms with van der Waals surface area (Å²) in [5, 5.41) is 11.8. The van der Waals surface area contributed by atoms with Crippen LogP contribution in [-0.4, -0.2) is 59.5 Å². The zero-order chi connectivity index (χ0) is 22.8. The first-order valence-electron chi connectivity index (χ1n) is 9.72. The van der Waals surface area contributed by atoms with E-state index in [0.717, 1.165) is 12.1 Å². The predicted octanol–water partition coefficient (Wildman–Crippen LogP) is 3.81. The normalized spacial score (nSPS) is 19.8. The maximum atomic E-state index is 14.1. The number of carbonyl (C=O) groups is 2. The number of aromatic carboxylic acids is 1. The minimum Gasteiger partial charge on any atom is -0.478 e. The third kappa shape index (κ3) is 6.34. The second-order valence-electron chi connectivity index (χ2n) is 7.63. The van der Waals surface area contributed by atoms with Gasteiger partial charge in [0.15, 0.2) is 0 Å². The summed E-state index contributed by atoms with van der Waals surface area (Å²) < 4.78 is 52.9. The molecule has 0 saturated carbocycles. The van der Waals surface area contributed by atoms with Crippen molar-refractivity contribution in [2.45, 2.75) is 44.3 Å². The average molecular weight is 445 g/mol. The topological polar surface area (TPSA) is 69.6 Å². The van der Waals surface area contributed by atoms with Gasteiger partial charge in [0.2, 0.25) is 5.91 Å². The Morgan fingerprint density at radius 2 is 1.84 bits per heavy atom. The van der Waals surface area contributed by atoms with Gasteiger partial charge in [-0.05, 0) is 36.2 Å². The van der Waals surface area contributed by atoms with Crippen molar-refractivity contribution in [3.05, 3.63) is 70.8 Å². The second-order valence-corrected chi connectivity index (χ2v) is 7.63. The Balaban J connectivity index is 0.00000363. The number of nitrogens with one attached hydrogen (secondary N) is 1. The van der Waals surface area contributed by atoms with Gasteiger partial charge >= 0.3 is 12.1 Å². The maximum Gasteiger partial charge on any atom is 0.416 e. The van der Waals surface area contributed by atoms with Crippen molar-refractivity contribution in [3.63, 3.8) is 0 Å². The number of amides is 1. The molecule has 167 valence electrons. The van der Waals surface area contributed by atoms with Crippen LogP contribution in [0.5, 0.6) is 0 Å². The Morgan fingerprint density at radius 3 is 2.44 bits per heavy atom. The Morgan fingerprint density at radius 1 is 1.19 bits per heavy atom. The van der Waals surface area contributed by atoms with Gasteiger partial charge in [0.1, 0.15) is 6.17 Å². The molecule has 2 aromatic carbocycles. The molecule has 0 spiro atoms. The van der Waals surface area contributed by atoms with Crippen LogP contribution in [0.4, 0.5) is 17.6 Å². The number of rotatable bonds is 6. The molecule has 1 aliphatic heterocycles. The molecule has 0 aliphatic carbocycles. The Labute approximate surface area is 195 Å². The molecule has 0 aromatic heterocycles. The number of hydrogen-bond donors (Lipinski definition) is 2. The number of halogens is 4. The number of nitrogens with zero attached hydrogens (tertiary/aromatic N) is 1. The quantitative estimate of drug-likeness (QED) is 0.524. The monoisotopic (exact) mass is 445 g/mol. The maximum absolute atomic E-state index is 14.1. The molecule has 1 aliphatic rings. The summed E-state index contributed by atoms with van der Waals surface area (Å²) in [4.78, 5) is 25.3. The molecule has 2 N–H and O–H groups in total. The van der Waals surface area contributed by atoms with Crippen molar-refractivity contribution in [3.8, 4) is 0 Å². The molecule has 1 saturated heterocycles. The fourth-order valence-electron chi connectivity index (χ4n) is 3.68. The van der Waals surface area contributed by atoms with Gasteiger partial charge in [0, 0.05) is 38.4 Å². The molecular weight excluding hydrogens is 423 g/mol. The first-order valence-corrected chi connectivity index (χ1v) is 9.72. The van der Waals surface area contributed by atoms with Gasteiger partial charge in [0.05, 0.1) is 23.2 Å². The molecule has 32 heavy (non-hydrogen) atoms. The van der Waals surface area contributed by atoms with Crippen LogP contribution in [0.1, 0.15) is 46.4 Å². The van der Waals surface area contributed by atoms with E-state index >= 15 is 0 Å². The second kappa shape index (κ2) is 10.5. The van der Waals surface area contributed by atoms with Gasteiger partial charge in [-0.15, -0.1) is 0 Å². The summed E-state index contributed by atoms with van der Waals surface area (Å²) in [5.41, 5.74) is 0.350. The van der Waals surface area contributed by atoms with Crippen LogP contribution in [0.25, 0.3) is 0 Å². The van der Waals surface area contributed by atoms with Crippen molar-refractivity contribution in [2.75, 3.05) is 6.54 Å². The summed E-state index contributed by atoms with van der Waals surface area (Å²) in [6, 6.07) is 9.53. The number of hydrogen-bond acceptors (Lipinski definition) is 3. The minimum atomic E-state index is -4.48. The van der Waals surface area contributed by atoms with E-state index in [1.165, 1.54) is 29.2 Å².